The van der Waals surface area contributed by atoms with Gasteiger partial charge in [-0.05, 0) is 49.2 Å². The second-order valence-corrected chi connectivity index (χ2v) is 8.97. The van der Waals surface area contributed by atoms with Gasteiger partial charge in [-0.3, -0.25) is 4.79 Å². The third kappa shape index (κ3) is 4.13. The molecular formula is C25H25ClFN3O3. The molecule has 1 aromatic heterocycles. The molecule has 3 N–H and O–H groups in total. The number of hydrogen-bond donors (Lipinski definition) is 3. The Kier molecular flexibility index (Phi) is 5.66. The number of carbonyl (C=O) groups is 1. The highest BCUT2D eigenvalue weighted by Gasteiger charge is 2.42. The van der Waals surface area contributed by atoms with Gasteiger partial charge in [0.25, 0.3) is 5.91 Å². The first-order chi connectivity index (χ1) is 15.9. The van der Waals surface area contributed by atoms with E-state index in [9.17, 15) is 9.18 Å². The summed E-state index contributed by atoms with van der Waals surface area (Å²) in [5.74, 6) is 0.808. The first-order valence-electron chi connectivity index (χ1n) is 11.1. The Balaban J connectivity index is 1.37. The van der Waals surface area contributed by atoms with Gasteiger partial charge < -0.3 is 25.1 Å². The molecule has 1 spiro atoms. The third-order valence-electron chi connectivity index (χ3n) is 6.30. The fraction of sp³-hybridized carbons (Fsp3) is 0.320. The first kappa shape index (κ1) is 21.6. The summed E-state index contributed by atoms with van der Waals surface area (Å²) in [6.45, 7) is 4.60. The van der Waals surface area contributed by atoms with E-state index in [1.807, 2.05) is 6.07 Å². The number of halogens is 2. The van der Waals surface area contributed by atoms with Gasteiger partial charge in [0.2, 0.25) is 0 Å². The van der Waals surface area contributed by atoms with E-state index >= 15 is 0 Å². The van der Waals surface area contributed by atoms with Crippen molar-refractivity contribution in [3.05, 3.63) is 71.0 Å². The normalized spacial score (nSPS) is 16.7. The van der Waals surface area contributed by atoms with Crippen LogP contribution in [0.5, 0.6) is 5.75 Å². The van der Waals surface area contributed by atoms with Crippen LogP contribution in [0.2, 0.25) is 5.02 Å². The van der Waals surface area contributed by atoms with Gasteiger partial charge in [-0.2, -0.15) is 0 Å². The molecule has 2 aromatic carbocycles. The number of nitrogens with one attached hydrogen (secondary N) is 3. The molecule has 6 nitrogen and oxygen atoms in total. The van der Waals surface area contributed by atoms with Gasteiger partial charge in [-0.1, -0.05) is 37.4 Å². The van der Waals surface area contributed by atoms with Crippen LogP contribution in [-0.2, 0) is 5.54 Å². The van der Waals surface area contributed by atoms with Crippen LogP contribution in [0.3, 0.4) is 0 Å². The van der Waals surface area contributed by atoms with E-state index in [0.29, 0.717) is 16.4 Å². The molecule has 33 heavy (non-hydrogen) atoms. The number of furan rings is 1. The van der Waals surface area contributed by atoms with Gasteiger partial charge in [-0.15, -0.1) is 0 Å². The summed E-state index contributed by atoms with van der Waals surface area (Å²) >= 11 is 6.63. The minimum Gasteiger partial charge on any atom is -0.492 e. The number of carbonyl (C=O) groups excluding carboxylic acids is 1. The molecule has 8 heteroatoms. The largest absolute Gasteiger partial charge is 0.492 e. The SMILES string of the molecule is C=C1Nc2c(Cl)cc3cc(C(=O)NCCOc4ccc(F)cc4)oc3c2C2(CCCCC2)N1. The molecule has 5 rings (SSSR count). The molecule has 0 saturated heterocycles. The molecular weight excluding hydrogens is 445 g/mol. The number of rotatable bonds is 5. The van der Waals surface area contributed by atoms with Gasteiger partial charge in [0, 0.05) is 10.9 Å². The Morgan fingerprint density at radius 2 is 1.97 bits per heavy atom. The maximum atomic E-state index is 13.0. The van der Waals surface area contributed by atoms with E-state index in [1.165, 1.54) is 18.6 Å². The van der Waals surface area contributed by atoms with Crippen LogP contribution in [0.15, 0.2) is 53.2 Å². The summed E-state index contributed by atoms with van der Waals surface area (Å²) in [5.41, 5.74) is 2.12. The number of hydrogen-bond acceptors (Lipinski definition) is 5. The zero-order valence-electron chi connectivity index (χ0n) is 18.1. The van der Waals surface area contributed by atoms with Crippen molar-refractivity contribution < 1.29 is 18.3 Å². The topological polar surface area (TPSA) is 75.5 Å². The molecule has 1 aliphatic carbocycles. The van der Waals surface area contributed by atoms with E-state index in [-0.39, 0.29) is 36.2 Å². The van der Waals surface area contributed by atoms with Gasteiger partial charge in [0.15, 0.2) is 5.76 Å². The van der Waals surface area contributed by atoms with E-state index in [2.05, 4.69) is 22.5 Å². The van der Waals surface area contributed by atoms with Crippen molar-refractivity contribution in [2.24, 2.45) is 0 Å². The summed E-state index contributed by atoms with van der Waals surface area (Å²) in [5, 5.41) is 11.0. The minimum absolute atomic E-state index is 0.214. The molecule has 0 atom stereocenters. The summed E-state index contributed by atoms with van der Waals surface area (Å²) in [6.07, 6.45) is 5.26. The van der Waals surface area contributed by atoms with Crippen LogP contribution in [0.1, 0.15) is 48.2 Å². The fourth-order valence-corrected chi connectivity index (χ4v) is 5.11. The Bertz CT molecular complexity index is 1220. The van der Waals surface area contributed by atoms with Gasteiger partial charge in [-0.25, -0.2) is 4.39 Å². The summed E-state index contributed by atoms with van der Waals surface area (Å²) in [4.78, 5) is 12.8. The molecule has 1 amide bonds. The predicted octanol–water partition coefficient (Wildman–Crippen LogP) is 5.68. The van der Waals surface area contributed by atoms with Crippen molar-refractivity contribution >= 4 is 34.2 Å². The Morgan fingerprint density at radius 3 is 2.73 bits per heavy atom. The predicted molar refractivity (Wildman–Crippen MR) is 126 cm³/mol. The van der Waals surface area contributed by atoms with Crippen molar-refractivity contribution in [1.29, 1.82) is 0 Å². The fourth-order valence-electron chi connectivity index (χ4n) is 4.86. The summed E-state index contributed by atoms with van der Waals surface area (Å²) in [7, 11) is 0. The van der Waals surface area contributed by atoms with Crippen molar-refractivity contribution in [3.8, 4) is 5.75 Å². The quantitative estimate of drug-likeness (QED) is 0.419. The van der Waals surface area contributed by atoms with E-state index in [0.717, 1.165) is 48.1 Å². The average Bonchev–Trinajstić information content (AvgIpc) is 3.22. The monoisotopic (exact) mass is 469 g/mol. The highest BCUT2D eigenvalue weighted by atomic mass is 35.5. The van der Waals surface area contributed by atoms with Crippen molar-refractivity contribution in [2.75, 3.05) is 18.5 Å². The molecule has 1 aliphatic heterocycles. The van der Waals surface area contributed by atoms with Crippen LogP contribution in [0.25, 0.3) is 11.0 Å². The number of anilines is 1. The molecule has 2 heterocycles. The lowest BCUT2D eigenvalue weighted by atomic mass is 9.74. The number of amides is 1. The average molecular weight is 470 g/mol. The van der Waals surface area contributed by atoms with E-state index in [1.54, 1.807) is 18.2 Å². The van der Waals surface area contributed by atoms with Crippen LogP contribution in [0, 0.1) is 5.82 Å². The van der Waals surface area contributed by atoms with Crippen molar-refractivity contribution in [1.82, 2.24) is 10.6 Å². The van der Waals surface area contributed by atoms with E-state index < -0.39 is 0 Å². The second-order valence-electron chi connectivity index (χ2n) is 8.57. The number of fused-ring (bicyclic) bond motifs is 4. The minimum atomic E-state index is -0.336. The molecule has 172 valence electrons. The van der Waals surface area contributed by atoms with Crippen LogP contribution < -0.4 is 20.7 Å². The lowest BCUT2D eigenvalue weighted by Crippen LogP contribution is -2.48. The Hall–Kier alpha value is -3.19. The van der Waals surface area contributed by atoms with E-state index in [4.69, 9.17) is 20.8 Å². The Labute approximate surface area is 196 Å². The number of benzene rings is 2. The highest BCUT2D eigenvalue weighted by molar-refractivity contribution is 6.34. The molecule has 0 radical (unpaired) electrons. The molecule has 0 unspecified atom stereocenters. The zero-order chi connectivity index (χ0) is 23.0. The van der Waals surface area contributed by atoms with Gasteiger partial charge in [0.1, 0.15) is 23.8 Å². The van der Waals surface area contributed by atoms with Crippen LogP contribution >= 0.6 is 11.6 Å². The lowest BCUT2D eigenvalue weighted by molar-refractivity contribution is 0.0921. The van der Waals surface area contributed by atoms with Crippen molar-refractivity contribution in [3.63, 3.8) is 0 Å². The molecule has 2 aliphatic rings. The van der Waals surface area contributed by atoms with Gasteiger partial charge >= 0.3 is 0 Å². The van der Waals surface area contributed by atoms with Crippen molar-refractivity contribution in [2.45, 2.75) is 37.6 Å². The Morgan fingerprint density at radius 1 is 1.21 bits per heavy atom. The first-order valence-corrected chi connectivity index (χ1v) is 11.5. The summed E-state index contributed by atoms with van der Waals surface area (Å²) < 4.78 is 24.6. The van der Waals surface area contributed by atoms with Crippen LogP contribution in [-0.4, -0.2) is 19.1 Å². The lowest BCUT2D eigenvalue weighted by Gasteiger charge is -2.44. The molecule has 1 saturated carbocycles. The highest BCUT2D eigenvalue weighted by Crippen LogP contribution is 2.49. The maximum Gasteiger partial charge on any atom is 0.287 e. The van der Waals surface area contributed by atoms with Gasteiger partial charge in [0.05, 0.1) is 28.6 Å². The molecule has 0 bridgehead atoms. The summed E-state index contributed by atoms with van der Waals surface area (Å²) in [6, 6.07) is 9.27. The third-order valence-corrected chi connectivity index (χ3v) is 6.60. The zero-order valence-corrected chi connectivity index (χ0v) is 18.9. The smallest absolute Gasteiger partial charge is 0.287 e. The maximum absolute atomic E-state index is 13.0. The number of ether oxygens (including phenoxy) is 1. The second kappa shape index (κ2) is 8.63. The van der Waals surface area contributed by atoms with Crippen LogP contribution in [0.4, 0.5) is 10.1 Å². The molecule has 1 fully saturated rings. The molecule has 3 aromatic rings. The standard InChI is InChI=1S/C25H25ClFN3O3/c1-15-29-22-19(26)13-16-14-20(24(31)28-11-12-32-18-7-5-17(27)6-8-18)33-23(16)21(22)25(30-15)9-3-2-4-10-25/h5-8,13-14,29-30H,1-4,9-12H2,(H,28,31).